The second kappa shape index (κ2) is 33.9. The van der Waals surface area contributed by atoms with E-state index in [2.05, 4.69) is 400 Å². The minimum absolute atomic E-state index is 0.631. The third-order valence-corrected chi connectivity index (χ3v) is 29.5. The van der Waals surface area contributed by atoms with Crippen LogP contribution in [0.3, 0.4) is 0 Å². The summed E-state index contributed by atoms with van der Waals surface area (Å²) in [5, 5.41) is 22.5. The van der Waals surface area contributed by atoms with Gasteiger partial charge in [-0.2, -0.15) is 0 Å². The standard InChI is InChI=1S/C56H33N5S.C42H30N4.C31H21N3/c1-3-14-34(15-4-1)54-58-55(35-16-5-2-6-17-35)60-56(59-54)36-26-28-39(29-27-36)61-49-24-11-8-19-40(49)45-33-44-38(32-50(45)61)31-46(52-47(44)30-37-18-7-10-23-48(37)57-52)43-22-13-21-42-41-20-9-12-25-51(41)62-53(42)43;43-23-22-32-35(31-18-11-21-39-41(31)33-17-8-10-20-38(33)45(39)28-12-3-1-4-13-28)24-27-25-40-36(26-34(27)42(32)44)30-16-7-9-19-37(30)46(40)29-14-5-2-6-15-29;1-20-13-15-33-31-26-18-27-24-11-5-6-12-28(24)34(23-9-3-2-4-10-23)29(27)17-22(26)16-25(30(20)31)21-8-7-14-32-19-21/h1-33H;1-26H,43-44H2;2-19H,1H3/b;23-22-;. The van der Waals surface area contributed by atoms with Crippen LogP contribution in [0.15, 0.2) is 462 Å². The minimum Gasteiger partial charge on any atom is -0.405 e. The summed E-state index contributed by atoms with van der Waals surface area (Å²) >= 11 is 1.86. The van der Waals surface area contributed by atoms with Crippen LogP contribution in [0.1, 0.15) is 11.1 Å². The molecule has 9 aromatic heterocycles. The van der Waals surface area contributed by atoms with E-state index in [9.17, 15) is 0 Å². The lowest BCUT2D eigenvalue weighted by atomic mass is 9.90. The number of nitrogens with two attached hydrogens (primary N) is 2. The number of nitrogens with zero attached hydrogens (tertiary/aromatic N) is 10. The molecule has 0 unspecified atom stereocenters. The van der Waals surface area contributed by atoms with Crippen LogP contribution in [0.4, 0.5) is 5.69 Å². The number of benzene rings is 20. The summed E-state index contributed by atoms with van der Waals surface area (Å²) in [6.45, 7) is 2.16. The number of aryl methyl sites for hydroxylation is 1. The lowest BCUT2D eigenvalue weighted by Crippen LogP contribution is -2.00. The van der Waals surface area contributed by atoms with Crippen molar-refractivity contribution in [2.75, 3.05) is 5.73 Å². The fourth-order valence-corrected chi connectivity index (χ4v) is 23.2. The van der Waals surface area contributed by atoms with E-state index >= 15 is 0 Å². The molecule has 0 fully saturated rings. The average Bonchev–Trinajstić information content (AvgIpc) is 1.55. The van der Waals surface area contributed by atoms with Gasteiger partial charge in [0.05, 0.1) is 60.7 Å². The van der Waals surface area contributed by atoms with Crippen LogP contribution in [0.5, 0.6) is 0 Å². The first-order valence-corrected chi connectivity index (χ1v) is 48.7. The second-order valence-corrected chi connectivity index (χ2v) is 37.4. The van der Waals surface area contributed by atoms with Gasteiger partial charge in [0.25, 0.3) is 0 Å². The number of thiophene rings is 1. The zero-order chi connectivity index (χ0) is 94.2. The fraction of sp³-hybridized carbons (Fsp3) is 0.00775. The van der Waals surface area contributed by atoms with Gasteiger partial charge in [0.2, 0.25) is 0 Å². The molecule has 4 N–H and O–H groups in total. The molecule has 0 saturated heterocycles. The van der Waals surface area contributed by atoms with Crippen molar-refractivity contribution in [1.82, 2.24) is 48.2 Å². The van der Waals surface area contributed by atoms with Crippen LogP contribution >= 0.6 is 11.3 Å². The largest absolute Gasteiger partial charge is 0.405 e. The first kappa shape index (κ1) is 82.6. The lowest BCUT2D eigenvalue weighted by Gasteiger charge is -2.16. The monoisotopic (exact) mass is 1830 g/mol. The summed E-state index contributed by atoms with van der Waals surface area (Å²) in [5.74, 6) is 1.92. The Balaban J connectivity index is 0.000000111. The third-order valence-electron chi connectivity index (χ3n) is 28.3. The highest BCUT2D eigenvalue weighted by molar-refractivity contribution is 7.26. The maximum Gasteiger partial charge on any atom is 0.164 e. The van der Waals surface area contributed by atoms with Crippen LogP contribution in [-0.2, 0) is 0 Å². The first-order chi connectivity index (χ1) is 70.2. The van der Waals surface area contributed by atoms with Gasteiger partial charge >= 0.3 is 0 Å². The van der Waals surface area contributed by atoms with Gasteiger partial charge in [0.15, 0.2) is 17.5 Å². The predicted molar refractivity (Wildman–Crippen MR) is 596 cm³/mol. The molecule has 9 heterocycles. The summed E-state index contributed by atoms with van der Waals surface area (Å²) < 4.78 is 12.0. The highest BCUT2D eigenvalue weighted by atomic mass is 32.1. The molecule has 0 aliphatic carbocycles. The normalized spacial score (nSPS) is 11.9. The molecule has 0 saturated carbocycles. The van der Waals surface area contributed by atoms with Gasteiger partial charge in [-0.3, -0.25) is 9.97 Å². The van der Waals surface area contributed by atoms with E-state index in [4.69, 9.17) is 36.4 Å². The van der Waals surface area contributed by atoms with Gasteiger partial charge in [0, 0.05) is 176 Å². The maximum atomic E-state index is 7.13. The number of anilines is 1. The summed E-state index contributed by atoms with van der Waals surface area (Å²) in [6.07, 6.45) is 9.21. The lowest BCUT2D eigenvalue weighted by molar-refractivity contribution is 1.07. The van der Waals surface area contributed by atoms with E-state index in [0.29, 0.717) is 17.5 Å². The summed E-state index contributed by atoms with van der Waals surface area (Å²) in [5.41, 5.74) is 42.5. The van der Waals surface area contributed by atoms with Crippen molar-refractivity contribution in [1.29, 1.82) is 0 Å². The van der Waals surface area contributed by atoms with Crippen molar-refractivity contribution in [3.8, 4) is 90.3 Å². The van der Waals surface area contributed by atoms with Gasteiger partial charge in [-0.1, -0.05) is 261 Å². The number of rotatable bonds is 11. The molecule has 0 amide bonds. The highest BCUT2D eigenvalue weighted by Crippen LogP contribution is 2.50. The zero-order valence-corrected chi connectivity index (χ0v) is 77.8. The van der Waals surface area contributed by atoms with Gasteiger partial charge in [0.1, 0.15) is 0 Å². The average molecular weight is 1830 g/mol. The van der Waals surface area contributed by atoms with Crippen LogP contribution in [0.25, 0.3) is 269 Å². The molecular weight excluding hydrogens is 1750 g/mol. The van der Waals surface area contributed by atoms with Crippen molar-refractivity contribution in [2.24, 2.45) is 5.73 Å². The maximum absolute atomic E-state index is 7.13. The Hall–Kier alpha value is -18.8. The number of nitrogen functional groups attached to an aromatic ring is 1. The molecule has 29 rings (SSSR count). The zero-order valence-electron chi connectivity index (χ0n) is 77.0. The molecule has 20 aromatic carbocycles. The third kappa shape index (κ3) is 13.6. The smallest absolute Gasteiger partial charge is 0.164 e. The van der Waals surface area contributed by atoms with Crippen LogP contribution < -0.4 is 11.5 Å². The number of pyridine rings is 3. The molecule has 13 heteroatoms. The summed E-state index contributed by atoms with van der Waals surface area (Å²) in [4.78, 5) is 29.6. The molecule has 0 bridgehead atoms. The van der Waals surface area contributed by atoms with E-state index in [-0.39, 0.29) is 0 Å². The Kier molecular flexibility index (Phi) is 19.7. The molecule has 0 aliphatic heterocycles. The highest BCUT2D eigenvalue weighted by Gasteiger charge is 2.27. The van der Waals surface area contributed by atoms with Crippen molar-refractivity contribution >= 4 is 196 Å². The molecule has 0 radical (unpaired) electrons. The van der Waals surface area contributed by atoms with Crippen molar-refractivity contribution in [2.45, 2.75) is 6.92 Å². The Morgan fingerprint density at radius 1 is 0.268 bits per heavy atom. The minimum atomic E-state index is 0.631. The number of hydrogen-bond acceptors (Lipinski definition) is 9. The van der Waals surface area contributed by atoms with Gasteiger partial charge in [-0.05, 0) is 239 Å². The van der Waals surface area contributed by atoms with E-state index in [1.165, 1.54) is 123 Å². The molecule has 0 atom stereocenters. The Morgan fingerprint density at radius 3 is 1.30 bits per heavy atom. The van der Waals surface area contributed by atoms with Crippen LogP contribution in [0, 0.1) is 6.92 Å². The van der Waals surface area contributed by atoms with Gasteiger partial charge in [-0.15, -0.1) is 11.3 Å². The van der Waals surface area contributed by atoms with Gasteiger partial charge in [-0.25, -0.2) is 19.9 Å². The Morgan fingerprint density at radius 2 is 0.711 bits per heavy atom. The second-order valence-electron chi connectivity index (χ2n) is 36.4. The van der Waals surface area contributed by atoms with Crippen molar-refractivity contribution < 1.29 is 0 Å². The number of hydrogen-bond donors (Lipinski definition) is 2. The quantitative estimate of drug-likeness (QED) is 0.0739. The molecule has 666 valence electrons. The SMILES string of the molecule is Cc1ccnc2c1c(-c1cccnc1)cc1cc3c(cc12)c1ccccc1n3-c1ccccc1.N/C=C\c1c(-c2cccc3c2c2ccccc2n3-c2ccccc2)cc2cc3c(cc2c1N)c1ccccc1n3-c1ccccc1.c1ccc(-c2nc(-c3ccccc3)nc(-c3ccc(-n4c5ccccc5c5cc6c(cc(-c7cccc8c7sc7ccccc78)c7nc8ccccc8cc76)cc54)cc3)n2)cc1. The molecule has 142 heavy (non-hydrogen) atoms. The Bertz CT molecular complexity index is 10100. The molecular formula is C129H84N12S. The summed E-state index contributed by atoms with van der Waals surface area (Å²) in [6, 6.07) is 155. The van der Waals surface area contributed by atoms with Gasteiger partial charge < -0.3 is 29.7 Å². The van der Waals surface area contributed by atoms with Crippen molar-refractivity contribution in [3.63, 3.8) is 0 Å². The van der Waals surface area contributed by atoms with E-state index < -0.39 is 0 Å². The first-order valence-electron chi connectivity index (χ1n) is 47.8. The predicted octanol–water partition coefficient (Wildman–Crippen LogP) is 32.9. The van der Waals surface area contributed by atoms with E-state index in [1.807, 2.05) is 103 Å². The summed E-state index contributed by atoms with van der Waals surface area (Å²) in [7, 11) is 0. The van der Waals surface area contributed by atoms with E-state index in [0.717, 1.165) is 139 Å². The van der Waals surface area contributed by atoms with E-state index in [1.54, 1.807) is 6.20 Å². The number of fused-ring (bicyclic) bond motifs is 23. The topological polar surface area (TPSA) is 149 Å². The Labute approximate surface area is 819 Å². The fourth-order valence-electron chi connectivity index (χ4n) is 21.9. The van der Waals surface area contributed by atoms with Crippen LogP contribution in [0.2, 0.25) is 0 Å². The van der Waals surface area contributed by atoms with Crippen LogP contribution in [-0.4, -0.2) is 48.2 Å². The molecule has 29 aromatic rings. The molecule has 12 nitrogen and oxygen atoms in total. The number of aromatic nitrogens is 10. The number of para-hydroxylation sites is 8. The molecule has 0 aliphatic rings. The molecule has 0 spiro atoms. The van der Waals surface area contributed by atoms with Crippen molar-refractivity contribution in [3.05, 3.63) is 473 Å².